The topological polar surface area (TPSA) is 77.0 Å². The SMILES string of the molecule is CCCC(CCO)CN=C(NCC)NC1CCN(C(=O)C2CCCC2)C1. The number of hydrogen-bond donors (Lipinski definition) is 3. The van der Waals surface area contributed by atoms with Crippen molar-refractivity contribution in [3.05, 3.63) is 0 Å². The summed E-state index contributed by atoms with van der Waals surface area (Å²) in [5.41, 5.74) is 0. The molecule has 0 spiro atoms. The van der Waals surface area contributed by atoms with Crippen molar-refractivity contribution < 1.29 is 9.90 Å². The molecule has 26 heavy (non-hydrogen) atoms. The molecule has 0 aromatic rings. The highest BCUT2D eigenvalue weighted by Crippen LogP contribution is 2.27. The lowest BCUT2D eigenvalue weighted by Crippen LogP contribution is -2.45. The van der Waals surface area contributed by atoms with E-state index >= 15 is 0 Å². The summed E-state index contributed by atoms with van der Waals surface area (Å²) < 4.78 is 0. The first-order valence-corrected chi connectivity index (χ1v) is 10.6. The highest BCUT2D eigenvalue weighted by Gasteiger charge is 2.32. The minimum atomic E-state index is 0.227. The number of amides is 1. The van der Waals surface area contributed by atoms with E-state index < -0.39 is 0 Å². The number of nitrogens with one attached hydrogen (secondary N) is 2. The molecule has 6 heteroatoms. The largest absolute Gasteiger partial charge is 0.396 e. The van der Waals surface area contributed by atoms with Crippen molar-refractivity contribution in [2.45, 2.75) is 71.3 Å². The van der Waals surface area contributed by atoms with Crippen LogP contribution in [0.2, 0.25) is 0 Å². The Morgan fingerprint density at radius 2 is 2.00 bits per heavy atom. The molecular formula is C20H38N4O2. The predicted octanol–water partition coefficient (Wildman–Crippen LogP) is 2.13. The summed E-state index contributed by atoms with van der Waals surface area (Å²) >= 11 is 0. The van der Waals surface area contributed by atoms with Crippen molar-refractivity contribution in [2.75, 3.05) is 32.8 Å². The third-order valence-corrected chi connectivity index (χ3v) is 5.63. The number of carbonyl (C=O) groups is 1. The van der Waals surface area contributed by atoms with Gasteiger partial charge in [-0.25, -0.2) is 0 Å². The van der Waals surface area contributed by atoms with Gasteiger partial charge in [-0.15, -0.1) is 0 Å². The Hall–Kier alpha value is -1.30. The fourth-order valence-corrected chi connectivity index (χ4v) is 4.16. The molecule has 2 unspecified atom stereocenters. The van der Waals surface area contributed by atoms with Crippen LogP contribution < -0.4 is 10.6 Å². The fourth-order valence-electron chi connectivity index (χ4n) is 4.16. The lowest BCUT2D eigenvalue weighted by Gasteiger charge is -2.22. The van der Waals surface area contributed by atoms with Crippen LogP contribution in [0.4, 0.5) is 0 Å². The summed E-state index contributed by atoms with van der Waals surface area (Å²) in [5.74, 6) is 1.90. The summed E-state index contributed by atoms with van der Waals surface area (Å²) in [6.45, 7) is 7.67. The monoisotopic (exact) mass is 366 g/mol. The first-order valence-electron chi connectivity index (χ1n) is 10.6. The maximum atomic E-state index is 12.6. The van der Waals surface area contributed by atoms with E-state index in [1.807, 2.05) is 4.90 Å². The van der Waals surface area contributed by atoms with Crippen LogP contribution in [0.15, 0.2) is 4.99 Å². The third kappa shape index (κ3) is 6.45. The van der Waals surface area contributed by atoms with Crippen LogP contribution in [-0.2, 0) is 4.79 Å². The van der Waals surface area contributed by atoms with Gasteiger partial charge < -0.3 is 20.6 Å². The Bertz CT molecular complexity index is 443. The number of hydrogen-bond acceptors (Lipinski definition) is 3. The number of rotatable bonds is 9. The van der Waals surface area contributed by atoms with Crippen LogP contribution in [0.1, 0.15) is 65.2 Å². The first kappa shape index (κ1) is 21.0. The lowest BCUT2D eigenvalue weighted by molar-refractivity contribution is -0.134. The Labute approximate surface area is 158 Å². The van der Waals surface area contributed by atoms with E-state index in [2.05, 4.69) is 24.5 Å². The Morgan fingerprint density at radius 3 is 2.65 bits per heavy atom. The summed E-state index contributed by atoms with van der Waals surface area (Å²) in [5, 5.41) is 16.1. The molecule has 1 amide bonds. The average Bonchev–Trinajstić information content (AvgIpc) is 3.31. The van der Waals surface area contributed by atoms with Gasteiger partial charge in [0.2, 0.25) is 5.91 Å². The average molecular weight is 367 g/mol. The zero-order chi connectivity index (χ0) is 18.8. The van der Waals surface area contributed by atoms with Crippen LogP contribution in [0.3, 0.4) is 0 Å². The molecule has 0 bridgehead atoms. The molecule has 2 atom stereocenters. The maximum Gasteiger partial charge on any atom is 0.225 e. The van der Waals surface area contributed by atoms with E-state index in [1.54, 1.807) is 0 Å². The molecule has 0 aromatic heterocycles. The molecule has 1 saturated heterocycles. The van der Waals surface area contributed by atoms with E-state index in [0.717, 1.165) is 70.7 Å². The summed E-state index contributed by atoms with van der Waals surface area (Å²) in [6, 6.07) is 0.278. The maximum absolute atomic E-state index is 12.6. The second-order valence-electron chi connectivity index (χ2n) is 7.78. The number of carbonyl (C=O) groups excluding carboxylic acids is 1. The Kier molecular flexibility index (Phi) is 9.23. The van der Waals surface area contributed by atoms with E-state index in [9.17, 15) is 9.90 Å². The van der Waals surface area contributed by atoms with E-state index in [-0.39, 0.29) is 18.6 Å². The minimum absolute atomic E-state index is 0.227. The van der Waals surface area contributed by atoms with Crippen molar-refractivity contribution in [3.63, 3.8) is 0 Å². The van der Waals surface area contributed by atoms with Crippen LogP contribution in [0.25, 0.3) is 0 Å². The van der Waals surface area contributed by atoms with Gasteiger partial charge in [0, 0.05) is 44.7 Å². The molecule has 1 heterocycles. The van der Waals surface area contributed by atoms with Crippen LogP contribution in [0.5, 0.6) is 0 Å². The molecule has 3 N–H and O–H groups in total. The smallest absolute Gasteiger partial charge is 0.225 e. The van der Waals surface area contributed by atoms with Gasteiger partial charge in [-0.3, -0.25) is 9.79 Å². The highest BCUT2D eigenvalue weighted by atomic mass is 16.3. The molecule has 150 valence electrons. The summed E-state index contributed by atoms with van der Waals surface area (Å²) in [6.07, 6.45) is 8.55. The number of aliphatic hydroxyl groups is 1. The second-order valence-corrected chi connectivity index (χ2v) is 7.78. The first-order chi connectivity index (χ1) is 12.7. The minimum Gasteiger partial charge on any atom is -0.396 e. The van der Waals surface area contributed by atoms with Gasteiger partial charge in [-0.1, -0.05) is 26.2 Å². The number of guanidine groups is 1. The normalized spacial score (nSPS) is 22.7. The van der Waals surface area contributed by atoms with Crippen LogP contribution in [-0.4, -0.2) is 60.7 Å². The zero-order valence-corrected chi connectivity index (χ0v) is 16.7. The quantitative estimate of drug-likeness (QED) is 0.432. The molecule has 2 fully saturated rings. The van der Waals surface area contributed by atoms with Crippen molar-refractivity contribution in [1.29, 1.82) is 0 Å². The molecule has 6 nitrogen and oxygen atoms in total. The molecule has 1 saturated carbocycles. The Morgan fingerprint density at radius 1 is 1.23 bits per heavy atom. The number of likely N-dealkylation sites (tertiary alicyclic amines) is 1. The molecule has 1 aliphatic carbocycles. The Balaban J connectivity index is 1.84. The third-order valence-electron chi connectivity index (χ3n) is 5.63. The molecular weight excluding hydrogens is 328 g/mol. The molecule has 2 rings (SSSR count). The van der Waals surface area contributed by atoms with E-state index in [1.165, 1.54) is 12.8 Å². The van der Waals surface area contributed by atoms with E-state index in [0.29, 0.717) is 11.8 Å². The van der Waals surface area contributed by atoms with Crippen LogP contribution in [0, 0.1) is 11.8 Å². The molecule has 0 aromatic carbocycles. The zero-order valence-electron chi connectivity index (χ0n) is 16.7. The lowest BCUT2D eigenvalue weighted by atomic mass is 10.0. The number of aliphatic imine (C=N–C) groups is 1. The highest BCUT2D eigenvalue weighted by molar-refractivity contribution is 5.81. The van der Waals surface area contributed by atoms with Crippen molar-refractivity contribution in [2.24, 2.45) is 16.8 Å². The molecule has 2 aliphatic rings. The van der Waals surface area contributed by atoms with Gasteiger partial charge in [0.05, 0.1) is 0 Å². The van der Waals surface area contributed by atoms with Crippen molar-refractivity contribution >= 4 is 11.9 Å². The van der Waals surface area contributed by atoms with Crippen molar-refractivity contribution in [1.82, 2.24) is 15.5 Å². The van der Waals surface area contributed by atoms with Gasteiger partial charge in [0.25, 0.3) is 0 Å². The van der Waals surface area contributed by atoms with Gasteiger partial charge in [0.1, 0.15) is 0 Å². The van der Waals surface area contributed by atoms with Gasteiger partial charge in [-0.05, 0) is 44.9 Å². The fraction of sp³-hybridized carbons (Fsp3) is 0.900. The van der Waals surface area contributed by atoms with Gasteiger partial charge in [0.15, 0.2) is 5.96 Å². The summed E-state index contributed by atoms with van der Waals surface area (Å²) in [7, 11) is 0. The number of nitrogens with zero attached hydrogens (tertiary/aromatic N) is 2. The van der Waals surface area contributed by atoms with Crippen molar-refractivity contribution in [3.8, 4) is 0 Å². The van der Waals surface area contributed by atoms with Gasteiger partial charge >= 0.3 is 0 Å². The standard InChI is InChI=1S/C20H38N4O2/c1-3-7-16(11-13-25)14-22-20(21-4-2)23-18-10-12-24(15-18)19(26)17-8-5-6-9-17/h16-18,25H,3-15H2,1-2H3,(H2,21,22,23). The van der Waals surface area contributed by atoms with Gasteiger partial charge in [-0.2, -0.15) is 0 Å². The number of aliphatic hydroxyl groups excluding tert-OH is 1. The van der Waals surface area contributed by atoms with E-state index in [4.69, 9.17) is 4.99 Å². The molecule has 0 radical (unpaired) electrons. The predicted molar refractivity (Wildman–Crippen MR) is 106 cm³/mol. The summed E-state index contributed by atoms with van der Waals surface area (Å²) in [4.78, 5) is 19.4. The second kappa shape index (κ2) is 11.4. The van der Waals surface area contributed by atoms with Crippen LogP contribution >= 0.6 is 0 Å². The molecule has 1 aliphatic heterocycles.